The average molecular weight is 283 g/mol. The molecule has 0 aromatic rings. The second-order valence-corrected chi connectivity index (χ2v) is 5.15. The average Bonchev–Trinajstić information content (AvgIpc) is 2.29. The first-order valence-electron chi connectivity index (χ1n) is 6.56. The number of alkyl halides is 2. The highest BCUT2D eigenvalue weighted by Gasteiger charge is 2.05. The Balaban J connectivity index is 3.24. The van der Waals surface area contributed by atoms with Crippen LogP contribution in [0.15, 0.2) is 0 Å². The molecule has 0 radical (unpaired) electrons. The molecule has 0 bridgehead atoms. The summed E-state index contributed by atoms with van der Waals surface area (Å²) in [6, 6.07) is -0.0417. The summed E-state index contributed by atoms with van der Waals surface area (Å²) >= 11 is 11.5. The van der Waals surface area contributed by atoms with Gasteiger partial charge in [0.05, 0.1) is 0 Å². The lowest BCUT2D eigenvalue weighted by atomic mass is 10.1. The summed E-state index contributed by atoms with van der Waals surface area (Å²) < 4.78 is 4.64. The largest absolute Gasteiger partial charge is 0.449 e. The van der Waals surface area contributed by atoms with Gasteiger partial charge in [0.15, 0.2) is 6.07 Å². The van der Waals surface area contributed by atoms with Crippen LogP contribution in [0, 0.1) is 0 Å². The highest BCUT2D eigenvalue weighted by atomic mass is 35.5. The van der Waals surface area contributed by atoms with Gasteiger partial charge in [-0.25, -0.2) is 0 Å². The van der Waals surface area contributed by atoms with Crippen molar-refractivity contribution in [1.82, 2.24) is 0 Å². The van der Waals surface area contributed by atoms with Gasteiger partial charge in [0.25, 0.3) is 0 Å². The van der Waals surface area contributed by atoms with Crippen LogP contribution in [0.4, 0.5) is 0 Å². The normalized spacial score (nSPS) is 12.4. The quantitative estimate of drug-likeness (QED) is 0.307. The van der Waals surface area contributed by atoms with Crippen LogP contribution in [0.3, 0.4) is 0 Å². The van der Waals surface area contributed by atoms with Crippen molar-refractivity contribution >= 4 is 29.2 Å². The summed E-state index contributed by atoms with van der Waals surface area (Å²) in [5, 5.41) is 0.302. The summed E-state index contributed by atoms with van der Waals surface area (Å²) in [6.45, 7) is 2.20. The van der Waals surface area contributed by atoms with Crippen molar-refractivity contribution < 1.29 is 9.53 Å². The standard InChI is InChI=1S/C13H24Cl2O2/c1-2-3-5-8-12(15)9-6-4-7-10-13(16)17-11-14/h12H,2-11H2,1H3. The van der Waals surface area contributed by atoms with Crippen molar-refractivity contribution in [1.29, 1.82) is 0 Å². The van der Waals surface area contributed by atoms with Crippen molar-refractivity contribution in [2.75, 3.05) is 6.07 Å². The molecule has 0 aromatic heterocycles. The SMILES string of the molecule is CCCCCC(Cl)CCCCCC(=O)OCCl. The molecule has 0 aromatic carbocycles. The van der Waals surface area contributed by atoms with Crippen LogP contribution in [-0.4, -0.2) is 17.4 Å². The maximum absolute atomic E-state index is 11.0. The monoisotopic (exact) mass is 282 g/mol. The predicted molar refractivity (Wildman–Crippen MR) is 73.7 cm³/mol. The van der Waals surface area contributed by atoms with Crippen LogP contribution in [0.25, 0.3) is 0 Å². The highest BCUT2D eigenvalue weighted by molar-refractivity contribution is 6.20. The second kappa shape index (κ2) is 12.5. The fourth-order valence-electron chi connectivity index (χ4n) is 1.71. The Hall–Kier alpha value is 0.0500. The minimum atomic E-state index is -0.203. The molecule has 0 rings (SSSR count). The molecule has 4 heteroatoms. The minimum Gasteiger partial charge on any atom is -0.449 e. The Kier molecular flexibility index (Phi) is 12.5. The molecule has 0 spiro atoms. The van der Waals surface area contributed by atoms with E-state index in [1.165, 1.54) is 19.3 Å². The van der Waals surface area contributed by atoms with Gasteiger partial charge in [-0.3, -0.25) is 4.79 Å². The lowest BCUT2D eigenvalue weighted by Crippen LogP contribution is -2.03. The summed E-state index contributed by atoms with van der Waals surface area (Å²) in [5.74, 6) is -0.203. The molecule has 1 atom stereocenters. The van der Waals surface area contributed by atoms with Gasteiger partial charge in [-0.15, -0.1) is 11.6 Å². The van der Waals surface area contributed by atoms with E-state index in [4.69, 9.17) is 23.2 Å². The van der Waals surface area contributed by atoms with Gasteiger partial charge in [0.2, 0.25) is 0 Å². The molecule has 0 heterocycles. The Labute approximate surface area is 115 Å². The van der Waals surface area contributed by atoms with Gasteiger partial charge in [0, 0.05) is 11.8 Å². The molecule has 0 aliphatic rings. The Morgan fingerprint density at radius 3 is 2.35 bits per heavy atom. The zero-order valence-corrected chi connectivity index (χ0v) is 12.2. The van der Waals surface area contributed by atoms with Gasteiger partial charge in [-0.2, -0.15) is 0 Å². The summed E-state index contributed by atoms with van der Waals surface area (Å²) in [4.78, 5) is 11.0. The summed E-state index contributed by atoms with van der Waals surface area (Å²) in [5.41, 5.74) is 0. The predicted octanol–water partition coefficient (Wildman–Crippen LogP) is 4.86. The van der Waals surface area contributed by atoms with Crippen LogP contribution in [0.1, 0.15) is 64.7 Å². The third-order valence-electron chi connectivity index (χ3n) is 2.73. The van der Waals surface area contributed by atoms with Gasteiger partial charge in [-0.05, 0) is 19.3 Å². The lowest BCUT2D eigenvalue weighted by molar-refractivity contribution is -0.141. The zero-order chi connectivity index (χ0) is 12.9. The van der Waals surface area contributed by atoms with Crippen LogP contribution < -0.4 is 0 Å². The first-order chi connectivity index (χ1) is 8.20. The van der Waals surface area contributed by atoms with Gasteiger partial charge >= 0.3 is 5.97 Å². The van der Waals surface area contributed by atoms with E-state index in [2.05, 4.69) is 11.7 Å². The molecule has 2 nitrogen and oxygen atoms in total. The number of carbonyl (C=O) groups is 1. The molecule has 0 amide bonds. The van der Waals surface area contributed by atoms with E-state index in [1.54, 1.807) is 0 Å². The number of rotatable bonds is 11. The molecule has 1 unspecified atom stereocenters. The minimum absolute atomic E-state index is 0.0417. The highest BCUT2D eigenvalue weighted by Crippen LogP contribution is 2.16. The number of unbranched alkanes of at least 4 members (excludes halogenated alkanes) is 4. The Morgan fingerprint density at radius 2 is 1.76 bits per heavy atom. The number of hydrogen-bond donors (Lipinski definition) is 0. The van der Waals surface area contributed by atoms with Crippen LogP contribution in [0.2, 0.25) is 0 Å². The van der Waals surface area contributed by atoms with E-state index < -0.39 is 0 Å². The zero-order valence-electron chi connectivity index (χ0n) is 10.7. The van der Waals surface area contributed by atoms with Crippen molar-refractivity contribution in [3.05, 3.63) is 0 Å². The van der Waals surface area contributed by atoms with Crippen LogP contribution in [-0.2, 0) is 9.53 Å². The van der Waals surface area contributed by atoms with Gasteiger partial charge in [0.1, 0.15) is 0 Å². The van der Waals surface area contributed by atoms with E-state index in [-0.39, 0.29) is 12.0 Å². The maximum Gasteiger partial charge on any atom is 0.306 e. The molecule has 0 saturated carbocycles. The van der Waals surface area contributed by atoms with Crippen LogP contribution in [0.5, 0.6) is 0 Å². The van der Waals surface area contributed by atoms with E-state index in [0.29, 0.717) is 11.8 Å². The van der Waals surface area contributed by atoms with Crippen LogP contribution >= 0.6 is 23.2 Å². The third kappa shape index (κ3) is 12.3. The lowest BCUT2D eigenvalue weighted by Gasteiger charge is -2.08. The topological polar surface area (TPSA) is 26.3 Å². The molecule has 17 heavy (non-hydrogen) atoms. The number of carbonyl (C=O) groups excluding carboxylic acids is 1. The Morgan fingerprint density at radius 1 is 1.12 bits per heavy atom. The third-order valence-corrected chi connectivity index (χ3v) is 3.28. The molecule has 0 aliphatic carbocycles. The molecule has 0 aliphatic heterocycles. The molecular weight excluding hydrogens is 259 g/mol. The maximum atomic E-state index is 11.0. The number of esters is 1. The van der Waals surface area contributed by atoms with Crippen molar-refractivity contribution in [3.8, 4) is 0 Å². The fourth-order valence-corrected chi connectivity index (χ4v) is 2.14. The second-order valence-electron chi connectivity index (χ2n) is 4.32. The molecule has 0 fully saturated rings. The van der Waals surface area contributed by atoms with E-state index >= 15 is 0 Å². The first-order valence-corrected chi connectivity index (χ1v) is 7.53. The fraction of sp³-hybridized carbons (Fsp3) is 0.923. The van der Waals surface area contributed by atoms with Crippen molar-refractivity contribution in [3.63, 3.8) is 0 Å². The van der Waals surface area contributed by atoms with Crippen molar-refractivity contribution in [2.45, 2.75) is 70.1 Å². The Bertz CT molecular complexity index is 186. The van der Waals surface area contributed by atoms with Crippen molar-refractivity contribution in [2.24, 2.45) is 0 Å². The number of hydrogen-bond acceptors (Lipinski definition) is 2. The van der Waals surface area contributed by atoms with E-state index in [1.807, 2.05) is 0 Å². The van der Waals surface area contributed by atoms with E-state index in [9.17, 15) is 4.79 Å². The van der Waals surface area contributed by atoms with E-state index in [0.717, 1.165) is 32.1 Å². The first kappa shape index (κ1) is 17.1. The van der Waals surface area contributed by atoms with Gasteiger partial charge < -0.3 is 4.74 Å². The summed E-state index contributed by atoms with van der Waals surface area (Å²) in [7, 11) is 0. The number of halogens is 2. The number of ether oxygens (including phenoxy) is 1. The molecule has 102 valence electrons. The molecular formula is C13H24Cl2O2. The van der Waals surface area contributed by atoms with Gasteiger partial charge in [-0.1, -0.05) is 50.6 Å². The smallest absolute Gasteiger partial charge is 0.306 e. The molecule has 0 saturated heterocycles. The summed E-state index contributed by atoms with van der Waals surface area (Å²) in [6.07, 6.45) is 9.37. The molecule has 0 N–H and O–H groups in total.